The molecule has 0 heterocycles. The van der Waals surface area contributed by atoms with Crippen LogP contribution in [-0.4, -0.2) is 26.1 Å². The number of guanidine groups is 1. The molecule has 0 unspecified atom stereocenters. The predicted octanol–water partition coefficient (Wildman–Crippen LogP) is 1.72. The summed E-state index contributed by atoms with van der Waals surface area (Å²) >= 11 is 0. The van der Waals surface area contributed by atoms with E-state index in [1.54, 1.807) is 25.3 Å². The number of nitrogens with one attached hydrogen (secondary N) is 2. The third-order valence-electron chi connectivity index (χ3n) is 2.23. The summed E-state index contributed by atoms with van der Waals surface area (Å²) in [4.78, 5) is 4.05. The van der Waals surface area contributed by atoms with E-state index < -0.39 is 0 Å². The maximum Gasteiger partial charge on any atom is 0.191 e. The van der Waals surface area contributed by atoms with E-state index in [0.717, 1.165) is 17.9 Å². The third kappa shape index (κ3) is 5.15. The zero-order valence-electron chi connectivity index (χ0n) is 10.0. The van der Waals surface area contributed by atoms with Gasteiger partial charge >= 0.3 is 0 Å². The Hall–Kier alpha value is -1.84. The molecule has 0 spiro atoms. The first kappa shape index (κ1) is 13.2. The molecule has 0 saturated carbocycles. The minimum absolute atomic E-state index is 0.198. The zero-order valence-corrected chi connectivity index (χ0v) is 10.0. The molecule has 1 aromatic rings. The highest BCUT2D eigenvalue weighted by Gasteiger charge is 1.97. The average Bonchev–Trinajstić information content (AvgIpc) is 2.33. The first-order valence-electron chi connectivity index (χ1n) is 5.56. The van der Waals surface area contributed by atoms with Gasteiger partial charge in [0.15, 0.2) is 5.96 Å². The van der Waals surface area contributed by atoms with Crippen LogP contribution in [0.1, 0.15) is 5.56 Å². The molecule has 0 aliphatic rings. The van der Waals surface area contributed by atoms with Gasteiger partial charge in [0.05, 0.1) is 0 Å². The second kappa shape index (κ2) is 7.44. The summed E-state index contributed by atoms with van der Waals surface area (Å²) in [7, 11) is 1.71. The molecule has 0 aliphatic carbocycles. The SMILES string of the molecule is C=CCNC(=NC)NCCc1cccc(F)c1. The van der Waals surface area contributed by atoms with E-state index in [-0.39, 0.29) is 5.82 Å². The summed E-state index contributed by atoms with van der Waals surface area (Å²) in [6.45, 7) is 4.99. The van der Waals surface area contributed by atoms with Gasteiger partial charge in [0.2, 0.25) is 0 Å². The number of hydrogen-bond donors (Lipinski definition) is 2. The summed E-state index contributed by atoms with van der Waals surface area (Å²) in [5.41, 5.74) is 0.969. The van der Waals surface area contributed by atoms with Gasteiger partial charge in [-0.1, -0.05) is 18.2 Å². The Balaban J connectivity index is 2.34. The van der Waals surface area contributed by atoms with E-state index in [2.05, 4.69) is 22.2 Å². The number of benzene rings is 1. The smallest absolute Gasteiger partial charge is 0.191 e. The zero-order chi connectivity index (χ0) is 12.5. The fourth-order valence-corrected chi connectivity index (χ4v) is 1.41. The first-order valence-corrected chi connectivity index (χ1v) is 5.56. The second-order valence-electron chi connectivity index (χ2n) is 3.55. The number of nitrogens with zero attached hydrogens (tertiary/aromatic N) is 1. The van der Waals surface area contributed by atoms with E-state index in [4.69, 9.17) is 0 Å². The molecule has 1 aromatic carbocycles. The number of halogens is 1. The van der Waals surface area contributed by atoms with Crippen LogP contribution in [-0.2, 0) is 6.42 Å². The lowest BCUT2D eigenvalue weighted by Crippen LogP contribution is -2.38. The molecule has 0 fully saturated rings. The molecule has 0 radical (unpaired) electrons. The summed E-state index contributed by atoms with van der Waals surface area (Å²) in [5, 5.41) is 6.20. The van der Waals surface area contributed by atoms with E-state index in [9.17, 15) is 4.39 Å². The lowest BCUT2D eigenvalue weighted by molar-refractivity contribution is 0.625. The fraction of sp³-hybridized carbons (Fsp3) is 0.308. The van der Waals surface area contributed by atoms with E-state index in [0.29, 0.717) is 13.1 Å². The van der Waals surface area contributed by atoms with E-state index >= 15 is 0 Å². The molecule has 4 heteroatoms. The molecule has 0 bridgehead atoms. The molecule has 92 valence electrons. The van der Waals surface area contributed by atoms with Gasteiger partial charge in [0.1, 0.15) is 5.82 Å². The Morgan fingerprint density at radius 2 is 2.29 bits per heavy atom. The Labute approximate surface area is 101 Å². The van der Waals surface area contributed by atoms with Crippen molar-refractivity contribution in [2.45, 2.75) is 6.42 Å². The highest BCUT2D eigenvalue weighted by Crippen LogP contribution is 2.03. The third-order valence-corrected chi connectivity index (χ3v) is 2.23. The van der Waals surface area contributed by atoms with Crippen molar-refractivity contribution in [3.8, 4) is 0 Å². The number of aliphatic imine (C=N–C) groups is 1. The molecular formula is C13H18FN3. The topological polar surface area (TPSA) is 36.4 Å². The van der Waals surface area contributed by atoms with Crippen LogP contribution in [0.3, 0.4) is 0 Å². The molecule has 0 aliphatic heterocycles. The van der Waals surface area contributed by atoms with Gasteiger partial charge < -0.3 is 10.6 Å². The van der Waals surface area contributed by atoms with Gasteiger partial charge in [0.25, 0.3) is 0 Å². The Bertz CT molecular complexity index is 388. The lowest BCUT2D eigenvalue weighted by atomic mass is 10.1. The second-order valence-corrected chi connectivity index (χ2v) is 3.55. The van der Waals surface area contributed by atoms with Gasteiger partial charge in [-0.2, -0.15) is 0 Å². The fourth-order valence-electron chi connectivity index (χ4n) is 1.41. The molecule has 1 rings (SSSR count). The highest BCUT2D eigenvalue weighted by molar-refractivity contribution is 5.79. The summed E-state index contributed by atoms with van der Waals surface area (Å²) in [5.74, 6) is 0.526. The Kier molecular flexibility index (Phi) is 5.79. The number of rotatable bonds is 5. The van der Waals surface area contributed by atoms with Crippen LogP contribution in [0.15, 0.2) is 41.9 Å². The van der Waals surface area contributed by atoms with Crippen LogP contribution < -0.4 is 10.6 Å². The molecule has 17 heavy (non-hydrogen) atoms. The van der Waals surface area contributed by atoms with Crippen molar-refractivity contribution in [3.05, 3.63) is 48.3 Å². The quantitative estimate of drug-likeness (QED) is 0.463. The molecule has 0 saturated heterocycles. The lowest BCUT2D eigenvalue weighted by Gasteiger charge is -2.10. The molecule has 0 amide bonds. The van der Waals surface area contributed by atoms with Crippen molar-refractivity contribution in [2.24, 2.45) is 4.99 Å². The van der Waals surface area contributed by atoms with Crippen molar-refractivity contribution < 1.29 is 4.39 Å². The highest BCUT2D eigenvalue weighted by atomic mass is 19.1. The van der Waals surface area contributed by atoms with Crippen molar-refractivity contribution >= 4 is 5.96 Å². The van der Waals surface area contributed by atoms with Gasteiger partial charge in [-0.05, 0) is 24.1 Å². The van der Waals surface area contributed by atoms with Crippen molar-refractivity contribution in [3.63, 3.8) is 0 Å². The number of hydrogen-bond acceptors (Lipinski definition) is 1. The largest absolute Gasteiger partial charge is 0.356 e. The van der Waals surface area contributed by atoms with Crippen LogP contribution in [0.5, 0.6) is 0 Å². The van der Waals surface area contributed by atoms with E-state index in [1.807, 2.05) is 6.07 Å². The normalized spacial score (nSPS) is 11.1. The molecule has 3 nitrogen and oxygen atoms in total. The Morgan fingerprint density at radius 1 is 1.47 bits per heavy atom. The minimum Gasteiger partial charge on any atom is -0.356 e. The van der Waals surface area contributed by atoms with Crippen molar-refractivity contribution in [1.82, 2.24) is 10.6 Å². The van der Waals surface area contributed by atoms with Crippen LogP contribution >= 0.6 is 0 Å². The minimum atomic E-state index is -0.198. The molecule has 2 N–H and O–H groups in total. The Morgan fingerprint density at radius 3 is 2.94 bits per heavy atom. The molecule has 0 aromatic heterocycles. The molecular weight excluding hydrogens is 217 g/mol. The summed E-state index contributed by atoms with van der Waals surface area (Å²) < 4.78 is 12.9. The van der Waals surface area contributed by atoms with Crippen molar-refractivity contribution in [1.29, 1.82) is 0 Å². The van der Waals surface area contributed by atoms with Crippen LogP contribution in [0, 0.1) is 5.82 Å². The van der Waals surface area contributed by atoms with Crippen molar-refractivity contribution in [2.75, 3.05) is 20.1 Å². The monoisotopic (exact) mass is 235 g/mol. The summed E-state index contributed by atoms with van der Waals surface area (Å²) in [6.07, 6.45) is 2.52. The van der Waals surface area contributed by atoms with Crippen LogP contribution in [0.2, 0.25) is 0 Å². The van der Waals surface area contributed by atoms with Gasteiger partial charge in [0, 0.05) is 20.1 Å². The average molecular weight is 235 g/mol. The molecule has 0 atom stereocenters. The summed E-state index contributed by atoms with van der Waals surface area (Å²) in [6, 6.07) is 6.61. The predicted molar refractivity (Wildman–Crippen MR) is 69.7 cm³/mol. The van der Waals surface area contributed by atoms with Gasteiger partial charge in [-0.15, -0.1) is 6.58 Å². The van der Waals surface area contributed by atoms with Gasteiger partial charge in [-0.3, -0.25) is 4.99 Å². The van der Waals surface area contributed by atoms with Crippen LogP contribution in [0.25, 0.3) is 0 Å². The van der Waals surface area contributed by atoms with E-state index in [1.165, 1.54) is 6.07 Å². The van der Waals surface area contributed by atoms with Crippen LogP contribution in [0.4, 0.5) is 4.39 Å². The van der Waals surface area contributed by atoms with Gasteiger partial charge in [-0.25, -0.2) is 4.39 Å². The first-order chi connectivity index (χ1) is 8.26. The maximum absolute atomic E-state index is 12.9. The maximum atomic E-state index is 12.9. The standard InChI is InChI=1S/C13H18FN3/c1-3-8-16-13(15-2)17-9-7-11-5-4-6-12(14)10-11/h3-6,10H,1,7-9H2,2H3,(H2,15,16,17).